The van der Waals surface area contributed by atoms with Gasteiger partial charge in [0.25, 0.3) is 23.2 Å². The Morgan fingerprint density at radius 2 is 1.72 bits per heavy atom. The average molecular weight is 399 g/mol. The number of carbonyl (C=O) groups is 3. The van der Waals surface area contributed by atoms with Gasteiger partial charge in [0.15, 0.2) is 0 Å². The highest BCUT2D eigenvalue weighted by Crippen LogP contribution is 2.30. The number of benzene rings is 2. The van der Waals surface area contributed by atoms with Gasteiger partial charge in [0.1, 0.15) is 12.2 Å². The molecule has 1 aliphatic rings. The largest absolute Gasteiger partial charge is 0.461 e. The highest BCUT2D eigenvalue weighted by Gasteiger charge is 2.40. The molecule has 2 amide bonds. The van der Waals surface area contributed by atoms with Crippen LogP contribution in [0.4, 0.5) is 11.4 Å². The Balaban J connectivity index is 1.61. The monoisotopic (exact) mass is 399 g/mol. The van der Waals surface area contributed by atoms with E-state index in [1.807, 2.05) is 0 Å². The van der Waals surface area contributed by atoms with Crippen LogP contribution in [-0.4, -0.2) is 39.1 Å². The van der Waals surface area contributed by atoms with Gasteiger partial charge in [-0.3, -0.25) is 39.5 Å². The molecular weight excluding hydrogens is 386 g/mol. The van der Waals surface area contributed by atoms with Crippen molar-refractivity contribution in [1.29, 1.82) is 0 Å². The summed E-state index contributed by atoms with van der Waals surface area (Å²) in [5, 5.41) is 21.8. The number of esters is 1. The molecule has 2 aromatic rings. The molecule has 0 fully saturated rings. The van der Waals surface area contributed by atoms with Crippen LogP contribution in [0.5, 0.6) is 0 Å². The number of non-ortho nitro benzene ring substituents is 1. The van der Waals surface area contributed by atoms with E-state index in [9.17, 15) is 34.6 Å². The molecule has 11 heteroatoms. The molecule has 0 saturated heterocycles. The summed E-state index contributed by atoms with van der Waals surface area (Å²) in [6, 6.07) is 9.29. The predicted octanol–water partition coefficient (Wildman–Crippen LogP) is 2.23. The zero-order chi connectivity index (χ0) is 21.1. The van der Waals surface area contributed by atoms with Crippen molar-refractivity contribution in [2.45, 2.75) is 13.0 Å². The van der Waals surface area contributed by atoms with Gasteiger partial charge in [-0.05, 0) is 11.6 Å². The second kappa shape index (κ2) is 7.84. The number of rotatable bonds is 7. The summed E-state index contributed by atoms with van der Waals surface area (Å²) in [4.78, 5) is 57.9. The smallest absolute Gasteiger partial charge is 0.307 e. The lowest BCUT2D eigenvalue weighted by molar-refractivity contribution is -0.385. The molecule has 3 rings (SSSR count). The van der Waals surface area contributed by atoms with Gasteiger partial charge < -0.3 is 4.74 Å². The summed E-state index contributed by atoms with van der Waals surface area (Å²) in [5.74, 6) is -2.30. The van der Waals surface area contributed by atoms with Gasteiger partial charge in [-0.15, -0.1) is 0 Å². The number of ether oxygens (including phenoxy) is 1. The van der Waals surface area contributed by atoms with Crippen LogP contribution >= 0.6 is 0 Å². The van der Waals surface area contributed by atoms with Crippen LogP contribution < -0.4 is 0 Å². The fourth-order valence-electron chi connectivity index (χ4n) is 2.87. The first kappa shape index (κ1) is 19.6. The second-order valence-electron chi connectivity index (χ2n) is 6.06. The minimum Gasteiger partial charge on any atom is -0.461 e. The van der Waals surface area contributed by atoms with Gasteiger partial charge in [-0.1, -0.05) is 18.2 Å². The fourth-order valence-corrected chi connectivity index (χ4v) is 2.87. The maximum absolute atomic E-state index is 12.4. The quantitative estimate of drug-likeness (QED) is 0.298. The first-order valence-electron chi connectivity index (χ1n) is 8.32. The molecule has 0 aliphatic carbocycles. The summed E-state index contributed by atoms with van der Waals surface area (Å²) < 4.78 is 5.01. The van der Waals surface area contributed by atoms with Crippen LogP contribution in [0.25, 0.3) is 0 Å². The summed E-state index contributed by atoms with van der Waals surface area (Å²) in [6.07, 6.45) is -0.325. The zero-order valence-corrected chi connectivity index (χ0v) is 14.8. The number of amides is 2. The van der Waals surface area contributed by atoms with E-state index in [1.165, 1.54) is 30.3 Å². The van der Waals surface area contributed by atoms with Crippen molar-refractivity contribution in [2.24, 2.45) is 0 Å². The Hall–Kier alpha value is -4.15. The third-order valence-corrected chi connectivity index (χ3v) is 4.23. The van der Waals surface area contributed by atoms with E-state index in [0.717, 1.165) is 11.0 Å². The van der Waals surface area contributed by atoms with Crippen molar-refractivity contribution in [2.75, 3.05) is 6.54 Å². The molecule has 0 unspecified atom stereocenters. The van der Waals surface area contributed by atoms with Crippen molar-refractivity contribution >= 4 is 29.2 Å². The van der Waals surface area contributed by atoms with E-state index in [2.05, 4.69) is 0 Å². The SMILES string of the molecule is O=C(CCN1C(=O)c2cccc([N+](=O)[O-])c2C1=O)OCc1cccc([N+](=O)[O-])c1. The van der Waals surface area contributed by atoms with Crippen molar-refractivity contribution < 1.29 is 29.0 Å². The van der Waals surface area contributed by atoms with Crippen LogP contribution in [0.1, 0.15) is 32.7 Å². The first-order valence-corrected chi connectivity index (χ1v) is 8.32. The molecule has 11 nitrogen and oxygen atoms in total. The number of carbonyl (C=O) groups excluding carboxylic acids is 3. The summed E-state index contributed by atoms with van der Waals surface area (Å²) >= 11 is 0. The molecule has 0 spiro atoms. The first-order chi connectivity index (χ1) is 13.8. The molecular formula is C18H13N3O8. The molecule has 0 atom stereocenters. The minimum atomic E-state index is -0.844. The topological polar surface area (TPSA) is 150 Å². The zero-order valence-electron chi connectivity index (χ0n) is 14.8. The molecule has 0 radical (unpaired) electrons. The number of imide groups is 1. The van der Waals surface area contributed by atoms with Crippen molar-refractivity contribution in [1.82, 2.24) is 4.90 Å². The second-order valence-corrected chi connectivity index (χ2v) is 6.06. The van der Waals surface area contributed by atoms with Crippen molar-refractivity contribution in [3.8, 4) is 0 Å². The normalized spacial score (nSPS) is 12.6. The van der Waals surface area contributed by atoms with E-state index in [-0.39, 0.29) is 36.4 Å². The highest BCUT2D eigenvalue weighted by molar-refractivity contribution is 6.23. The van der Waals surface area contributed by atoms with Crippen LogP contribution in [0.15, 0.2) is 42.5 Å². The molecule has 1 aliphatic heterocycles. The Morgan fingerprint density at radius 1 is 1.00 bits per heavy atom. The highest BCUT2D eigenvalue weighted by atomic mass is 16.6. The molecule has 2 aromatic carbocycles. The standard InChI is InChI=1S/C18H13N3O8/c22-15(29-10-11-3-1-4-12(9-11)20(25)26)7-8-19-17(23)13-5-2-6-14(21(27)28)16(13)18(19)24/h1-6,9H,7-8,10H2. The Morgan fingerprint density at radius 3 is 2.41 bits per heavy atom. The van der Waals surface area contributed by atoms with Crippen LogP contribution in [0.3, 0.4) is 0 Å². The fraction of sp³-hybridized carbons (Fsp3) is 0.167. The lowest BCUT2D eigenvalue weighted by atomic mass is 10.1. The van der Waals surface area contributed by atoms with Crippen molar-refractivity contribution in [3.05, 3.63) is 79.4 Å². The predicted molar refractivity (Wildman–Crippen MR) is 96.0 cm³/mol. The van der Waals surface area contributed by atoms with Gasteiger partial charge in [-0.25, -0.2) is 0 Å². The number of nitrogens with zero attached hydrogens (tertiary/aromatic N) is 3. The van der Waals surface area contributed by atoms with Crippen LogP contribution in [-0.2, 0) is 16.1 Å². The third-order valence-electron chi connectivity index (χ3n) is 4.23. The van der Waals surface area contributed by atoms with Crippen LogP contribution in [0.2, 0.25) is 0 Å². The summed E-state index contributed by atoms with van der Waals surface area (Å²) in [5.41, 5.74) is -0.603. The number of hydrogen-bond donors (Lipinski definition) is 0. The number of hydrogen-bond acceptors (Lipinski definition) is 8. The van der Waals surface area contributed by atoms with E-state index in [1.54, 1.807) is 6.07 Å². The van der Waals surface area contributed by atoms with Crippen LogP contribution in [0, 0.1) is 20.2 Å². The molecule has 29 heavy (non-hydrogen) atoms. The van der Waals surface area contributed by atoms with E-state index < -0.39 is 33.3 Å². The Labute approximate surface area is 162 Å². The van der Waals surface area contributed by atoms with Gasteiger partial charge in [0, 0.05) is 24.7 Å². The number of nitro groups is 2. The van der Waals surface area contributed by atoms with E-state index >= 15 is 0 Å². The van der Waals surface area contributed by atoms with E-state index in [4.69, 9.17) is 4.74 Å². The molecule has 0 aromatic heterocycles. The molecule has 0 bridgehead atoms. The maximum Gasteiger partial charge on any atom is 0.307 e. The van der Waals surface area contributed by atoms with Gasteiger partial charge >= 0.3 is 5.97 Å². The third kappa shape index (κ3) is 3.93. The number of fused-ring (bicyclic) bond motifs is 1. The average Bonchev–Trinajstić information content (AvgIpc) is 2.95. The summed E-state index contributed by atoms with van der Waals surface area (Å²) in [6.45, 7) is -0.522. The number of nitro benzene ring substituents is 2. The Kier molecular flexibility index (Phi) is 5.30. The molecule has 1 heterocycles. The maximum atomic E-state index is 12.4. The van der Waals surface area contributed by atoms with Crippen molar-refractivity contribution in [3.63, 3.8) is 0 Å². The summed E-state index contributed by atoms with van der Waals surface area (Å²) in [7, 11) is 0. The van der Waals surface area contributed by atoms with Gasteiger partial charge in [0.2, 0.25) is 0 Å². The molecule has 148 valence electrons. The lowest BCUT2D eigenvalue weighted by Gasteiger charge is -2.13. The molecule has 0 saturated carbocycles. The molecule has 0 N–H and O–H groups in total. The Bertz CT molecular complexity index is 1050. The lowest BCUT2D eigenvalue weighted by Crippen LogP contribution is -2.32. The minimum absolute atomic E-state index is 0.0887. The van der Waals surface area contributed by atoms with E-state index in [0.29, 0.717) is 5.56 Å². The van der Waals surface area contributed by atoms with Gasteiger partial charge in [0.05, 0.1) is 21.8 Å². The van der Waals surface area contributed by atoms with Gasteiger partial charge in [-0.2, -0.15) is 0 Å².